The highest BCUT2D eigenvalue weighted by Gasteiger charge is 2.33. The standard InChI is InChI=1S/C27H29Cl2N3O4S/c1-3-30-27(34)25(16-20-10-5-4-6-11-20)31(18-21-12-7-8-15-24(21)29)26(33)19-32(37(2,35)36)23-14-9-13-22(28)17-23/h4-15,17,25H,3,16,18-19H2,1-2H3,(H,30,34)/t25-/m0/s1. The Labute approximate surface area is 228 Å². The van der Waals surface area contributed by atoms with Gasteiger partial charge in [-0.25, -0.2) is 8.42 Å². The molecule has 3 aromatic carbocycles. The summed E-state index contributed by atoms with van der Waals surface area (Å²) in [5, 5.41) is 3.57. The summed E-state index contributed by atoms with van der Waals surface area (Å²) in [5.41, 5.74) is 1.73. The molecule has 1 N–H and O–H groups in total. The number of halogens is 2. The van der Waals surface area contributed by atoms with Crippen LogP contribution in [0.1, 0.15) is 18.1 Å². The molecule has 196 valence electrons. The quantitative estimate of drug-likeness (QED) is 0.372. The van der Waals surface area contributed by atoms with Crippen LogP contribution in [0.3, 0.4) is 0 Å². The number of amides is 2. The number of rotatable bonds is 11. The molecule has 7 nitrogen and oxygen atoms in total. The normalized spacial score (nSPS) is 12.0. The molecular formula is C27H29Cl2N3O4S. The van der Waals surface area contributed by atoms with Crippen LogP contribution >= 0.6 is 23.2 Å². The van der Waals surface area contributed by atoms with E-state index in [1.54, 1.807) is 49.4 Å². The molecule has 0 aliphatic rings. The Morgan fingerprint density at radius 3 is 2.24 bits per heavy atom. The molecule has 3 aromatic rings. The van der Waals surface area contributed by atoms with E-state index in [1.165, 1.54) is 11.0 Å². The third kappa shape index (κ3) is 7.95. The first-order valence-corrected chi connectivity index (χ1v) is 14.3. The van der Waals surface area contributed by atoms with E-state index in [-0.39, 0.29) is 24.6 Å². The van der Waals surface area contributed by atoms with E-state index in [0.29, 0.717) is 22.2 Å². The highest BCUT2D eigenvalue weighted by Crippen LogP contribution is 2.24. The first kappa shape index (κ1) is 28.5. The Kier molecular flexibility index (Phi) is 9.97. The zero-order valence-corrected chi connectivity index (χ0v) is 22.9. The molecule has 3 rings (SSSR count). The van der Waals surface area contributed by atoms with Gasteiger partial charge in [-0.3, -0.25) is 13.9 Å². The summed E-state index contributed by atoms with van der Waals surface area (Å²) in [6, 6.07) is 21.7. The molecule has 0 radical (unpaired) electrons. The smallest absolute Gasteiger partial charge is 0.244 e. The van der Waals surface area contributed by atoms with Crippen LogP contribution in [0.2, 0.25) is 10.0 Å². The van der Waals surface area contributed by atoms with E-state index in [9.17, 15) is 18.0 Å². The number of nitrogens with zero attached hydrogens (tertiary/aromatic N) is 2. The summed E-state index contributed by atoms with van der Waals surface area (Å²) in [4.78, 5) is 28.5. The van der Waals surface area contributed by atoms with E-state index < -0.39 is 28.5 Å². The van der Waals surface area contributed by atoms with Crippen LogP contribution in [0.4, 0.5) is 5.69 Å². The molecule has 1 atom stereocenters. The van der Waals surface area contributed by atoms with Crippen LogP contribution in [0, 0.1) is 0 Å². The summed E-state index contributed by atoms with van der Waals surface area (Å²) in [7, 11) is -3.86. The summed E-state index contributed by atoms with van der Waals surface area (Å²) in [6.45, 7) is 1.66. The minimum atomic E-state index is -3.86. The van der Waals surface area contributed by atoms with Crippen molar-refractivity contribution in [2.75, 3.05) is 23.7 Å². The number of hydrogen-bond acceptors (Lipinski definition) is 4. The lowest BCUT2D eigenvalue weighted by molar-refractivity contribution is -0.140. The number of likely N-dealkylation sites (N-methyl/N-ethyl adjacent to an activating group) is 1. The van der Waals surface area contributed by atoms with E-state index in [2.05, 4.69) is 5.32 Å². The van der Waals surface area contributed by atoms with Crippen molar-refractivity contribution >= 4 is 50.7 Å². The molecule has 0 aromatic heterocycles. The van der Waals surface area contributed by atoms with Crippen LogP contribution in [0.5, 0.6) is 0 Å². The molecule has 0 saturated heterocycles. The maximum Gasteiger partial charge on any atom is 0.244 e. The first-order chi connectivity index (χ1) is 17.6. The van der Waals surface area contributed by atoms with Gasteiger partial charge >= 0.3 is 0 Å². The average molecular weight is 563 g/mol. The molecule has 0 aliphatic heterocycles. The van der Waals surface area contributed by atoms with Gasteiger partial charge in [0.05, 0.1) is 11.9 Å². The lowest BCUT2D eigenvalue weighted by Crippen LogP contribution is -2.53. The first-order valence-electron chi connectivity index (χ1n) is 11.7. The van der Waals surface area contributed by atoms with Gasteiger partial charge < -0.3 is 10.2 Å². The number of carbonyl (C=O) groups is 2. The van der Waals surface area contributed by atoms with Gasteiger partial charge in [0, 0.05) is 29.6 Å². The fraction of sp³-hybridized carbons (Fsp3) is 0.259. The maximum atomic E-state index is 13.9. The van der Waals surface area contributed by atoms with Crippen molar-refractivity contribution < 1.29 is 18.0 Å². The van der Waals surface area contributed by atoms with Gasteiger partial charge in [-0.2, -0.15) is 0 Å². The Balaban J connectivity index is 2.05. The van der Waals surface area contributed by atoms with Gasteiger partial charge in [0.2, 0.25) is 21.8 Å². The van der Waals surface area contributed by atoms with Gasteiger partial charge in [-0.15, -0.1) is 0 Å². The number of carbonyl (C=O) groups excluding carboxylic acids is 2. The van der Waals surface area contributed by atoms with Crippen LogP contribution in [-0.4, -0.2) is 50.5 Å². The predicted octanol–water partition coefficient (Wildman–Crippen LogP) is 4.54. The monoisotopic (exact) mass is 561 g/mol. The number of benzene rings is 3. The molecule has 0 unspecified atom stereocenters. The minimum Gasteiger partial charge on any atom is -0.355 e. The minimum absolute atomic E-state index is 0.0142. The summed E-state index contributed by atoms with van der Waals surface area (Å²) in [6.07, 6.45) is 1.25. The van der Waals surface area contributed by atoms with Crippen molar-refractivity contribution in [3.8, 4) is 0 Å². The van der Waals surface area contributed by atoms with Crippen molar-refractivity contribution in [1.29, 1.82) is 0 Å². The van der Waals surface area contributed by atoms with Crippen LogP contribution in [-0.2, 0) is 32.6 Å². The van der Waals surface area contributed by atoms with Gasteiger partial charge in [0.25, 0.3) is 0 Å². The summed E-state index contributed by atoms with van der Waals surface area (Å²) >= 11 is 12.5. The van der Waals surface area contributed by atoms with E-state index >= 15 is 0 Å². The van der Waals surface area contributed by atoms with Gasteiger partial charge in [0.15, 0.2) is 0 Å². The second kappa shape index (κ2) is 12.9. The Morgan fingerprint density at radius 2 is 1.62 bits per heavy atom. The molecule has 10 heteroatoms. The van der Waals surface area contributed by atoms with Crippen molar-refractivity contribution in [2.24, 2.45) is 0 Å². The van der Waals surface area contributed by atoms with Crippen molar-refractivity contribution in [2.45, 2.75) is 25.9 Å². The van der Waals surface area contributed by atoms with Crippen molar-refractivity contribution in [1.82, 2.24) is 10.2 Å². The molecular weight excluding hydrogens is 533 g/mol. The molecule has 2 amide bonds. The number of nitrogens with one attached hydrogen (secondary N) is 1. The summed E-state index contributed by atoms with van der Waals surface area (Å²) < 4.78 is 26.4. The lowest BCUT2D eigenvalue weighted by Gasteiger charge is -2.33. The number of hydrogen-bond donors (Lipinski definition) is 1. The van der Waals surface area contributed by atoms with Crippen LogP contribution in [0.25, 0.3) is 0 Å². The fourth-order valence-electron chi connectivity index (χ4n) is 3.90. The Hall–Kier alpha value is -3.07. The molecule has 0 aliphatic carbocycles. The molecule has 0 bridgehead atoms. The van der Waals surface area contributed by atoms with Crippen LogP contribution in [0.15, 0.2) is 78.9 Å². The SMILES string of the molecule is CCNC(=O)[C@H](Cc1ccccc1)N(Cc1ccccc1Cl)C(=O)CN(c1cccc(Cl)c1)S(C)(=O)=O. The molecule has 0 spiro atoms. The third-order valence-electron chi connectivity index (χ3n) is 5.70. The lowest BCUT2D eigenvalue weighted by atomic mass is 10.0. The largest absolute Gasteiger partial charge is 0.355 e. The zero-order valence-electron chi connectivity index (χ0n) is 20.6. The second-order valence-electron chi connectivity index (χ2n) is 8.46. The predicted molar refractivity (Wildman–Crippen MR) is 148 cm³/mol. The highest BCUT2D eigenvalue weighted by atomic mass is 35.5. The van der Waals surface area contributed by atoms with Gasteiger partial charge in [-0.05, 0) is 42.3 Å². The highest BCUT2D eigenvalue weighted by molar-refractivity contribution is 7.92. The third-order valence-corrected chi connectivity index (χ3v) is 7.44. The van der Waals surface area contributed by atoms with Crippen LogP contribution < -0.4 is 9.62 Å². The molecule has 0 saturated carbocycles. The van der Waals surface area contributed by atoms with E-state index in [1.807, 2.05) is 30.3 Å². The molecule has 37 heavy (non-hydrogen) atoms. The second-order valence-corrected chi connectivity index (χ2v) is 11.2. The maximum absolute atomic E-state index is 13.9. The van der Waals surface area contributed by atoms with Crippen molar-refractivity contribution in [3.63, 3.8) is 0 Å². The fourth-order valence-corrected chi connectivity index (χ4v) is 5.12. The zero-order chi connectivity index (χ0) is 27.0. The molecule has 0 fully saturated rings. The van der Waals surface area contributed by atoms with Crippen molar-refractivity contribution in [3.05, 3.63) is 100 Å². The van der Waals surface area contributed by atoms with Gasteiger partial charge in [0.1, 0.15) is 12.6 Å². The van der Waals surface area contributed by atoms with E-state index in [0.717, 1.165) is 16.1 Å². The Morgan fingerprint density at radius 1 is 0.946 bits per heavy atom. The number of sulfonamides is 1. The topological polar surface area (TPSA) is 86.8 Å². The average Bonchev–Trinajstić information content (AvgIpc) is 2.85. The summed E-state index contributed by atoms with van der Waals surface area (Å²) in [5.74, 6) is -0.905. The van der Waals surface area contributed by atoms with E-state index in [4.69, 9.17) is 23.2 Å². The Bertz CT molecular complexity index is 1340. The molecule has 0 heterocycles. The van der Waals surface area contributed by atoms with Gasteiger partial charge in [-0.1, -0.05) is 77.8 Å². The number of anilines is 1.